The van der Waals surface area contributed by atoms with E-state index in [0.29, 0.717) is 17.0 Å². The van der Waals surface area contributed by atoms with Crippen molar-refractivity contribution in [2.75, 3.05) is 13.7 Å². The molecule has 3 rings (SSSR count). The average Bonchev–Trinajstić information content (AvgIpc) is 3.25. The van der Waals surface area contributed by atoms with E-state index in [-0.39, 0.29) is 0 Å². The fourth-order valence-electron chi connectivity index (χ4n) is 2.74. The molecular formula is C16H20N2O3. The standard InChI is InChI=1S/C16H20N2O3/c1-21-10-3-2-9-18-13-6-4-5-12(16(19)20)14(13)17-15(18)11-7-8-11/h4-6,11H,2-3,7-10H2,1H3,(H,19,20). The Morgan fingerprint density at radius 2 is 2.24 bits per heavy atom. The Labute approximate surface area is 123 Å². The maximum atomic E-state index is 11.4. The van der Waals surface area contributed by atoms with Gasteiger partial charge in [-0.3, -0.25) is 0 Å². The van der Waals surface area contributed by atoms with Gasteiger partial charge in [-0.25, -0.2) is 9.78 Å². The molecule has 1 heterocycles. The number of carbonyl (C=O) groups is 1. The highest BCUT2D eigenvalue weighted by Crippen LogP contribution is 2.41. The lowest BCUT2D eigenvalue weighted by Gasteiger charge is -2.08. The summed E-state index contributed by atoms with van der Waals surface area (Å²) in [4.78, 5) is 16.0. The predicted molar refractivity (Wildman–Crippen MR) is 79.8 cm³/mol. The van der Waals surface area contributed by atoms with Gasteiger partial charge in [0.1, 0.15) is 11.3 Å². The number of fused-ring (bicyclic) bond motifs is 1. The van der Waals surface area contributed by atoms with E-state index in [2.05, 4.69) is 9.55 Å². The van der Waals surface area contributed by atoms with Crippen molar-refractivity contribution in [3.8, 4) is 0 Å². The van der Waals surface area contributed by atoms with Crippen LogP contribution in [0.4, 0.5) is 0 Å². The minimum Gasteiger partial charge on any atom is -0.478 e. The summed E-state index contributed by atoms with van der Waals surface area (Å²) >= 11 is 0. The van der Waals surface area contributed by atoms with Crippen LogP contribution in [0.25, 0.3) is 11.0 Å². The number of methoxy groups -OCH3 is 1. The number of aryl methyl sites for hydroxylation is 1. The molecule has 1 aliphatic rings. The molecule has 1 aromatic heterocycles. The molecule has 1 aliphatic carbocycles. The van der Waals surface area contributed by atoms with Crippen LogP contribution < -0.4 is 0 Å². The van der Waals surface area contributed by atoms with Gasteiger partial charge in [-0.05, 0) is 37.8 Å². The molecule has 0 aliphatic heterocycles. The van der Waals surface area contributed by atoms with Gasteiger partial charge in [0.15, 0.2) is 0 Å². The number of para-hydroxylation sites is 1. The molecule has 1 saturated carbocycles. The molecule has 21 heavy (non-hydrogen) atoms. The van der Waals surface area contributed by atoms with Crippen LogP contribution >= 0.6 is 0 Å². The topological polar surface area (TPSA) is 64.4 Å². The molecule has 1 aromatic carbocycles. The predicted octanol–water partition coefficient (Wildman–Crippen LogP) is 3.04. The van der Waals surface area contributed by atoms with Crippen molar-refractivity contribution in [1.82, 2.24) is 9.55 Å². The lowest BCUT2D eigenvalue weighted by atomic mass is 10.2. The summed E-state index contributed by atoms with van der Waals surface area (Å²) in [5.74, 6) is 0.643. The minimum atomic E-state index is -0.910. The normalized spacial score (nSPS) is 14.7. The van der Waals surface area contributed by atoms with Gasteiger partial charge in [0, 0.05) is 26.2 Å². The van der Waals surface area contributed by atoms with E-state index in [9.17, 15) is 9.90 Å². The van der Waals surface area contributed by atoms with Crippen LogP contribution in [-0.2, 0) is 11.3 Å². The third kappa shape index (κ3) is 2.78. The Morgan fingerprint density at radius 3 is 2.90 bits per heavy atom. The fraction of sp³-hybridized carbons (Fsp3) is 0.500. The van der Waals surface area contributed by atoms with Crippen LogP contribution in [0, 0.1) is 0 Å². The van der Waals surface area contributed by atoms with E-state index < -0.39 is 5.97 Å². The third-order valence-corrected chi connectivity index (χ3v) is 3.96. The van der Waals surface area contributed by atoms with Crippen LogP contribution in [0.1, 0.15) is 47.8 Å². The zero-order valence-corrected chi connectivity index (χ0v) is 12.2. The largest absolute Gasteiger partial charge is 0.478 e. The van der Waals surface area contributed by atoms with E-state index in [1.165, 1.54) is 0 Å². The highest BCUT2D eigenvalue weighted by atomic mass is 16.5. The second kappa shape index (κ2) is 5.85. The first kappa shape index (κ1) is 14.1. The Hall–Kier alpha value is -1.88. The molecule has 5 nitrogen and oxygen atoms in total. The summed E-state index contributed by atoms with van der Waals surface area (Å²) in [5, 5.41) is 9.32. The highest BCUT2D eigenvalue weighted by molar-refractivity contribution is 6.01. The van der Waals surface area contributed by atoms with Crippen molar-refractivity contribution >= 4 is 17.0 Å². The van der Waals surface area contributed by atoms with Gasteiger partial charge in [0.05, 0.1) is 11.1 Å². The first-order chi connectivity index (χ1) is 10.2. The van der Waals surface area contributed by atoms with Gasteiger partial charge in [-0.15, -0.1) is 0 Å². The number of unbranched alkanes of at least 4 members (excludes halogenated alkanes) is 1. The van der Waals surface area contributed by atoms with Crippen molar-refractivity contribution in [2.45, 2.75) is 38.1 Å². The van der Waals surface area contributed by atoms with Crippen LogP contribution in [0.5, 0.6) is 0 Å². The van der Waals surface area contributed by atoms with E-state index in [4.69, 9.17) is 4.74 Å². The molecule has 0 unspecified atom stereocenters. The van der Waals surface area contributed by atoms with Gasteiger partial charge in [0.2, 0.25) is 0 Å². The number of hydrogen-bond donors (Lipinski definition) is 1. The van der Waals surface area contributed by atoms with Gasteiger partial charge in [-0.1, -0.05) is 6.07 Å². The lowest BCUT2D eigenvalue weighted by Crippen LogP contribution is -2.04. The van der Waals surface area contributed by atoms with Gasteiger partial charge < -0.3 is 14.4 Å². The van der Waals surface area contributed by atoms with Gasteiger partial charge in [0.25, 0.3) is 0 Å². The van der Waals surface area contributed by atoms with E-state index in [0.717, 1.165) is 50.2 Å². The number of aromatic carboxylic acids is 1. The van der Waals surface area contributed by atoms with Crippen molar-refractivity contribution in [3.05, 3.63) is 29.6 Å². The summed E-state index contributed by atoms with van der Waals surface area (Å²) in [6.45, 7) is 1.63. The Kier molecular flexibility index (Phi) is 3.92. The number of benzene rings is 1. The molecule has 5 heteroatoms. The summed E-state index contributed by atoms with van der Waals surface area (Å²) in [6, 6.07) is 5.40. The number of rotatable bonds is 7. The number of hydrogen-bond acceptors (Lipinski definition) is 3. The summed E-state index contributed by atoms with van der Waals surface area (Å²) in [6.07, 6.45) is 4.32. The van der Waals surface area contributed by atoms with Crippen LogP contribution in [0.2, 0.25) is 0 Å². The molecule has 1 fully saturated rings. The van der Waals surface area contributed by atoms with Gasteiger partial charge in [-0.2, -0.15) is 0 Å². The average molecular weight is 288 g/mol. The van der Waals surface area contributed by atoms with E-state index >= 15 is 0 Å². The molecule has 0 radical (unpaired) electrons. The Balaban J connectivity index is 1.97. The number of imidazole rings is 1. The van der Waals surface area contributed by atoms with Crippen molar-refractivity contribution in [2.24, 2.45) is 0 Å². The summed E-state index contributed by atoms with van der Waals surface area (Å²) in [5.41, 5.74) is 1.86. The van der Waals surface area contributed by atoms with Crippen LogP contribution in [0.15, 0.2) is 18.2 Å². The number of ether oxygens (including phenoxy) is 1. The second-order valence-electron chi connectivity index (χ2n) is 5.57. The smallest absolute Gasteiger partial charge is 0.337 e. The maximum Gasteiger partial charge on any atom is 0.337 e. The molecule has 0 spiro atoms. The van der Waals surface area contributed by atoms with Crippen molar-refractivity contribution < 1.29 is 14.6 Å². The van der Waals surface area contributed by atoms with E-state index in [1.807, 2.05) is 6.07 Å². The monoisotopic (exact) mass is 288 g/mol. The quantitative estimate of drug-likeness (QED) is 0.795. The minimum absolute atomic E-state index is 0.296. The number of aromatic nitrogens is 2. The molecule has 1 N–H and O–H groups in total. The second-order valence-corrected chi connectivity index (χ2v) is 5.57. The van der Waals surface area contributed by atoms with Gasteiger partial charge >= 0.3 is 5.97 Å². The Bertz CT molecular complexity index is 659. The molecule has 2 aromatic rings. The molecule has 0 bridgehead atoms. The first-order valence-electron chi connectivity index (χ1n) is 7.43. The van der Waals surface area contributed by atoms with Crippen LogP contribution in [0.3, 0.4) is 0 Å². The summed E-state index contributed by atoms with van der Waals surface area (Å²) in [7, 11) is 1.71. The van der Waals surface area contributed by atoms with Crippen molar-refractivity contribution in [1.29, 1.82) is 0 Å². The molecule has 0 saturated heterocycles. The first-order valence-corrected chi connectivity index (χ1v) is 7.43. The van der Waals surface area contributed by atoms with Crippen LogP contribution in [-0.4, -0.2) is 34.3 Å². The third-order valence-electron chi connectivity index (χ3n) is 3.96. The zero-order valence-electron chi connectivity index (χ0n) is 12.2. The van der Waals surface area contributed by atoms with Crippen molar-refractivity contribution in [3.63, 3.8) is 0 Å². The molecule has 0 amide bonds. The highest BCUT2D eigenvalue weighted by Gasteiger charge is 2.30. The zero-order chi connectivity index (χ0) is 14.8. The number of nitrogens with zero attached hydrogens (tertiary/aromatic N) is 2. The maximum absolute atomic E-state index is 11.4. The SMILES string of the molecule is COCCCCn1c(C2CC2)nc2c(C(=O)O)cccc21. The number of carboxylic acid groups (broad SMARTS) is 1. The fourth-order valence-corrected chi connectivity index (χ4v) is 2.74. The lowest BCUT2D eigenvalue weighted by molar-refractivity contribution is 0.0699. The molecule has 112 valence electrons. The summed E-state index contributed by atoms with van der Waals surface area (Å²) < 4.78 is 7.29. The molecular weight excluding hydrogens is 268 g/mol. The van der Waals surface area contributed by atoms with E-state index in [1.54, 1.807) is 19.2 Å². The molecule has 0 atom stereocenters. The number of carboxylic acids is 1. The Morgan fingerprint density at radius 1 is 1.43 bits per heavy atom.